The minimum atomic E-state index is 0.108. The van der Waals surface area contributed by atoms with Gasteiger partial charge in [-0.3, -0.25) is 4.90 Å². The van der Waals surface area contributed by atoms with Gasteiger partial charge in [0.15, 0.2) is 0 Å². The Morgan fingerprint density at radius 2 is 2.00 bits per heavy atom. The first-order valence-electron chi connectivity index (χ1n) is 9.43. The van der Waals surface area contributed by atoms with Gasteiger partial charge in [-0.15, -0.1) is 6.58 Å². The fourth-order valence-corrected chi connectivity index (χ4v) is 3.38. The summed E-state index contributed by atoms with van der Waals surface area (Å²) in [5.74, 6) is 1.50. The van der Waals surface area contributed by atoms with Crippen molar-refractivity contribution in [2.24, 2.45) is 0 Å². The largest absolute Gasteiger partial charge is 0.473 e. The highest BCUT2D eigenvalue weighted by molar-refractivity contribution is 5.35. The molecule has 25 heavy (non-hydrogen) atoms. The fraction of sp³-hybridized carbons (Fsp3) is 0.684. The lowest BCUT2D eigenvalue weighted by molar-refractivity contribution is 0.0174. The van der Waals surface area contributed by atoms with Gasteiger partial charge in [0, 0.05) is 44.5 Å². The zero-order valence-electron chi connectivity index (χ0n) is 15.3. The van der Waals surface area contributed by atoms with Gasteiger partial charge in [0.05, 0.1) is 13.2 Å². The van der Waals surface area contributed by atoms with Crippen LogP contribution in [-0.2, 0) is 4.74 Å². The Kier molecular flexibility index (Phi) is 6.64. The van der Waals surface area contributed by atoms with Crippen LogP contribution in [0.5, 0.6) is 5.88 Å². The highest BCUT2D eigenvalue weighted by atomic mass is 16.5. The Bertz CT molecular complexity index is 554. The summed E-state index contributed by atoms with van der Waals surface area (Å²) in [7, 11) is 0. The minimum absolute atomic E-state index is 0.108. The van der Waals surface area contributed by atoms with Crippen molar-refractivity contribution in [2.45, 2.75) is 38.7 Å². The first kappa shape index (κ1) is 18.1. The van der Waals surface area contributed by atoms with Crippen LogP contribution in [0.15, 0.2) is 18.7 Å². The Balaban J connectivity index is 1.67. The molecule has 0 radical (unpaired) electrons. The second kappa shape index (κ2) is 9.15. The summed E-state index contributed by atoms with van der Waals surface area (Å²) in [4.78, 5) is 13.9. The molecule has 0 amide bonds. The van der Waals surface area contributed by atoms with E-state index in [1.807, 2.05) is 19.1 Å². The van der Waals surface area contributed by atoms with Crippen LogP contribution >= 0.6 is 0 Å². The molecular formula is C19H30N4O2. The van der Waals surface area contributed by atoms with Crippen LogP contribution in [0.25, 0.3) is 0 Å². The number of morpholine rings is 1. The third kappa shape index (κ3) is 5.41. The van der Waals surface area contributed by atoms with E-state index in [9.17, 15) is 0 Å². The van der Waals surface area contributed by atoms with Gasteiger partial charge in [0.1, 0.15) is 6.10 Å². The van der Waals surface area contributed by atoms with Crippen molar-refractivity contribution in [3.63, 3.8) is 0 Å². The van der Waals surface area contributed by atoms with Gasteiger partial charge in [0.25, 0.3) is 0 Å². The molecule has 2 aliphatic heterocycles. The van der Waals surface area contributed by atoms with E-state index in [1.165, 1.54) is 12.8 Å². The lowest BCUT2D eigenvalue weighted by atomic mass is 10.1. The van der Waals surface area contributed by atoms with Crippen LogP contribution in [0.4, 0.5) is 5.95 Å². The smallest absolute Gasteiger partial charge is 0.228 e. The molecule has 1 atom stereocenters. The molecule has 1 aromatic rings. The molecule has 0 aromatic carbocycles. The van der Waals surface area contributed by atoms with Gasteiger partial charge < -0.3 is 14.4 Å². The summed E-state index contributed by atoms with van der Waals surface area (Å²) >= 11 is 0. The summed E-state index contributed by atoms with van der Waals surface area (Å²) in [6.45, 7) is 12.4. The lowest BCUT2D eigenvalue weighted by Gasteiger charge is -2.30. The summed E-state index contributed by atoms with van der Waals surface area (Å²) in [6.07, 6.45) is 6.38. The van der Waals surface area contributed by atoms with E-state index < -0.39 is 0 Å². The maximum absolute atomic E-state index is 6.29. The molecule has 2 fully saturated rings. The van der Waals surface area contributed by atoms with E-state index in [0.717, 1.165) is 70.4 Å². The zero-order valence-corrected chi connectivity index (χ0v) is 15.3. The van der Waals surface area contributed by atoms with Crippen LogP contribution in [0.1, 0.15) is 31.4 Å². The van der Waals surface area contributed by atoms with Crippen molar-refractivity contribution >= 4 is 5.95 Å². The van der Waals surface area contributed by atoms with Gasteiger partial charge in [0.2, 0.25) is 11.8 Å². The third-order valence-corrected chi connectivity index (χ3v) is 4.75. The van der Waals surface area contributed by atoms with Gasteiger partial charge in [-0.1, -0.05) is 6.08 Å². The van der Waals surface area contributed by atoms with Crippen LogP contribution < -0.4 is 9.64 Å². The molecule has 3 rings (SSSR count). The molecule has 2 aliphatic rings. The van der Waals surface area contributed by atoms with Crippen molar-refractivity contribution in [2.75, 3.05) is 50.8 Å². The number of hydrogen-bond donors (Lipinski definition) is 0. The summed E-state index contributed by atoms with van der Waals surface area (Å²) in [6, 6.07) is 1.94. The number of aromatic nitrogens is 2. The number of rotatable bonds is 8. The van der Waals surface area contributed by atoms with Crippen LogP contribution in [0, 0.1) is 6.92 Å². The molecule has 6 nitrogen and oxygen atoms in total. The number of anilines is 1. The summed E-state index contributed by atoms with van der Waals surface area (Å²) in [5, 5.41) is 0. The lowest BCUT2D eigenvalue weighted by Crippen LogP contribution is -2.42. The molecule has 3 heterocycles. The monoisotopic (exact) mass is 346 g/mol. The van der Waals surface area contributed by atoms with Crippen LogP contribution in [-0.4, -0.2) is 66.9 Å². The van der Waals surface area contributed by atoms with E-state index in [0.29, 0.717) is 5.88 Å². The van der Waals surface area contributed by atoms with E-state index >= 15 is 0 Å². The maximum atomic E-state index is 6.29. The quantitative estimate of drug-likeness (QED) is 0.674. The Morgan fingerprint density at radius 1 is 1.24 bits per heavy atom. The highest BCUT2D eigenvalue weighted by Crippen LogP contribution is 2.21. The zero-order chi connectivity index (χ0) is 17.5. The molecule has 0 N–H and O–H groups in total. The average Bonchev–Trinajstić information content (AvgIpc) is 3.15. The third-order valence-electron chi connectivity index (χ3n) is 4.75. The maximum Gasteiger partial charge on any atom is 0.228 e. The summed E-state index contributed by atoms with van der Waals surface area (Å²) in [5.41, 5.74) is 0.959. The molecule has 0 spiro atoms. The van der Waals surface area contributed by atoms with Gasteiger partial charge >= 0.3 is 0 Å². The molecular weight excluding hydrogens is 316 g/mol. The van der Waals surface area contributed by atoms with Gasteiger partial charge in [-0.2, -0.15) is 4.98 Å². The van der Waals surface area contributed by atoms with Gasteiger partial charge in [-0.05, 0) is 32.6 Å². The number of aryl methyl sites for hydroxylation is 1. The average molecular weight is 346 g/mol. The van der Waals surface area contributed by atoms with Crippen LogP contribution in [0.2, 0.25) is 0 Å². The van der Waals surface area contributed by atoms with Crippen LogP contribution in [0.3, 0.4) is 0 Å². The first-order valence-corrected chi connectivity index (χ1v) is 9.43. The molecule has 0 aliphatic carbocycles. The van der Waals surface area contributed by atoms with E-state index in [-0.39, 0.29) is 6.10 Å². The highest BCUT2D eigenvalue weighted by Gasteiger charge is 2.20. The Hall–Kier alpha value is -1.66. The Labute approximate surface area is 150 Å². The normalized spacial score (nSPS) is 19.8. The summed E-state index contributed by atoms with van der Waals surface area (Å²) < 4.78 is 11.7. The predicted molar refractivity (Wildman–Crippen MR) is 99.3 cm³/mol. The molecule has 1 aromatic heterocycles. The number of hydrogen-bond acceptors (Lipinski definition) is 6. The van der Waals surface area contributed by atoms with Crippen molar-refractivity contribution in [3.8, 4) is 5.88 Å². The fourth-order valence-electron chi connectivity index (χ4n) is 3.38. The van der Waals surface area contributed by atoms with Crippen molar-refractivity contribution in [3.05, 3.63) is 24.4 Å². The second-order valence-electron chi connectivity index (χ2n) is 6.86. The van der Waals surface area contributed by atoms with E-state index in [1.54, 1.807) is 0 Å². The molecule has 2 saturated heterocycles. The van der Waals surface area contributed by atoms with Crippen molar-refractivity contribution in [1.82, 2.24) is 14.9 Å². The predicted octanol–water partition coefficient (Wildman–Crippen LogP) is 2.43. The standard InChI is InChI=1S/C19H30N4O2/c1-3-4-7-17(15-22-10-12-24-13-11-22)25-18-14-16(2)20-19(21-18)23-8-5-6-9-23/h3,14,17H,1,4-13,15H2,2H3/t17-/m0/s1. The minimum Gasteiger partial charge on any atom is -0.473 e. The molecule has 0 bridgehead atoms. The Morgan fingerprint density at radius 3 is 2.72 bits per heavy atom. The first-order chi connectivity index (χ1) is 12.2. The van der Waals surface area contributed by atoms with E-state index in [2.05, 4.69) is 26.3 Å². The second-order valence-corrected chi connectivity index (χ2v) is 6.86. The molecule has 0 saturated carbocycles. The SMILES string of the molecule is C=CCC[C@@H](CN1CCOCC1)Oc1cc(C)nc(N2CCCC2)n1. The van der Waals surface area contributed by atoms with Crippen molar-refractivity contribution in [1.29, 1.82) is 0 Å². The number of nitrogens with zero attached hydrogens (tertiary/aromatic N) is 4. The number of allylic oxidation sites excluding steroid dienone is 1. The topological polar surface area (TPSA) is 50.7 Å². The molecule has 0 unspecified atom stereocenters. The van der Waals surface area contributed by atoms with Gasteiger partial charge in [-0.25, -0.2) is 4.98 Å². The van der Waals surface area contributed by atoms with Crippen molar-refractivity contribution < 1.29 is 9.47 Å². The number of ether oxygens (including phenoxy) is 2. The molecule has 138 valence electrons. The van der Waals surface area contributed by atoms with E-state index in [4.69, 9.17) is 9.47 Å². The molecule has 6 heteroatoms.